The first-order valence-corrected chi connectivity index (χ1v) is 10.2. The molecule has 26 heavy (non-hydrogen) atoms. The molecular weight excluding hydrogens is 348 g/mol. The first kappa shape index (κ1) is 17.4. The normalized spacial score (nSPS) is 17.8. The smallest absolute Gasteiger partial charge is 0.252 e. The SMILES string of the molecule is CCc1cc(C(=O)NC2CCN(c3ncc4c(n3)CCOC4)CC2)cs1. The predicted molar refractivity (Wildman–Crippen MR) is 102 cm³/mol. The summed E-state index contributed by atoms with van der Waals surface area (Å²) in [5, 5.41) is 5.13. The largest absolute Gasteiger partial charge is 0.376 e. The number of thiophene rings is 1. The Labute approximate surface area is 157 Å². The lowest BCUT2D eigenvalue weighted by molar-refractivity contribution is 0.0931. The van der Waals surface area contributed by atoms with E-state index < -0.39 is 0 Å². The van der Waals surface area contributed by atoms with Crippen molar-refractivity contribution in [2.75, 3.05) is 24.6 Å². The van der Waals surface area contributed by atoms with Crippen LogP contribution in [0.2, 0.25) is 0 Å². The van der Waals surface area contributed by atoms with Crippen molar-refractivity contribution in [2.24, 2.45) is 0 Å². The zero-order valence-corrected chi connectivity index (χ0v) is 15.8. The monoisotopic (exact) mass is 372 g/mol. The van der Waals surface area contributed by atoms with Crippen LogP contribution < -0.4 is 10.2 Å². The van der Waals surface area contributed by atoms with Crippen LogP contribution in [0.15, 0.2) is 17.6 Å². The lowest BCUT2D eigenvalue weighted by atomic mass is 10.0. The van der Waals surface area contributed by atoms with Gasteiger partial charge in [-0.1, -0.05) is 6.92 Å². The average Bonchev–Trinajstić information content (AvgIpc) is 3.18. The van der Waals surface area contributed by atoms with E-state index in [-0.39, 0.29) is 11.9 Å². The third kappa shape index (κ3) is 3.73. The van der Waals surface area contributed by atoms with Crippen LogP contribution in [-0.2, 0) is 24.2 Å². The molecule has 1 amide bonds. The van der Waals surface area contributed by atoms with Gasteiger partial charge in [-0.05, 0) is 25.3 Å². The Hall–Kier alpha value is -1.99. The molecule has 0 radical (unpaired) electrons. The number of piperidine rings is 1. The number of amides is 1. The number of rotatable bonds is 4. The second-order valence-electron chi connectivity index (χ2n) is 6.83. The van der Waals surface area contributed by atoms with Crippen LogP contribution in [0, 0.1) is 0 Å². The Bertz CT molecular complexity index is 784. The lowest BCUT2D eigenvalue weighted by Crippen LogP contribution is -2.45. The van der Waals surface area contributed by atoms with E-state index in [1.165, 1.54) is 4.88 Å². The van der Waals surface area contributed by atoms with E-state index in [1.54, 1.807) is 11.3 Å². The van der Waals surface area contributed by atoms with Gasteiger partial charge in [-0.25, -0.2) is 9.97 Å². The van der Waals surface area contributed by atoms with Crippen LogP contribution in [0.25, 0.3) is 0 Å². The highest BCUT2D eigenvalue weighted by Gasteiger charge is 2.24. The fourth-order valence-corrected chi connectivity index (χ4v) is 4.26. The number of aryl methyl sites for hydroxylation is 1. The van der Waals surface area contributed by atoms with E-state index in [9.17, 15) is 4.79 Å². The van der Waals surface area contributed by atoms with E-state index in [2.05, 4.69) is 22.1 Å². The quantitative estimate of drug-likeness (QED) is 0.893. The highest BCUT2D eigenvalue weighted by molar-refractivity contribution is 7.10. The van der Waals surface area contributed by atoms with Crippen molar-refractivity contribution in [1.29, 1.82) is 0 Å². The Morgan fingerprint density at radius 2 is 2.27 bits per heavy atom. The molecule has 1 N–H and O–H groups in total. The molecule has 2 aromatic heterocycles. The number of hydrogen-bond donors (Lipinski definition) is 1. The second kappa shape index (κ2) is 7.72. The van der Waals surface area contributed by atoms with E-state index >= 15 is 0 Å². The molecule has 4 heterocycles. The van der Waals surface area contributed by atoms with Crippen molar-refractivity contribution in [1.82, 2.24) is 15.3 Å². The van der Waals surface area contributed by atoms with E-state index in [4.69, 9.17) is 9.72 Å². The van der Waals surface area contributed by atoms with Gasteiger partial charge in [0.05, 0.1) is 24.5 Å². The zero-order chi connectivity index (χ0) is 17.9. The van der Waals surface area contributed by atoms with Gasteiger partial charge < -0.3 is 15.0 Å². The summed E-state index contributed by atoms with van der Waals surface area (Å²) in [4.78, 5) is 25.1. The summed E-state index contributed by atoms with van der Waals surface area (Å²) >= 11 is 1.65. The van der Waals surface area contributed by atoms with Crippen LogP contribution in [0.3, 0.4) is 0 Å². The lowest BCUT2D eigenvalue weighted by Gasteiger charge is -2.32. The zero-order valence-electron chi connectivity index (χ0n) is 15.0. The molecule has 4 rings (SSSR count). The van der Waals surface area contributed by atoms with Gasteiger partial charge >= 0.3 is 0 Å². The molecule has 0 unspecified atom stereocenters. The van der Waals surface area contributed by atoms with Crippen molar-refractivity contribution in [3.05, 3.63) is 39.3 Å². The first-order chi connectivity index (χ1) is 12.7. The average molecular weight is 372 g/mol. The maximum Gasteiger partial charge on any atom is 0.252 e. The van der Waals surface area contributed by atoms with Crippen molar-refractivity contribution >= 4 is 23.2 Å². The Balaban J connectivity index is 1.33. The molecule has 0 saturated carbocycles. The fraction of sp³-hybridized carbons (Fsp3) is 0.526. The van der Waals surface area contributed by atoms with Gasteiger partial charge in [0.15, 0.2) is 0 Å². The van der Waals surface area contributed by atoms with Gasteiger partial charge in [0, 0.05) is 47.6 Å². The molecule has 0 bridgehead atoms. The van der Waals surface area contributed by atoms with Gasteiger partial charge in [0.1, 0.15) is 0 Å². The standard InChI is InChI=1S/C19H24N4O2S/c1-2-16-9-13(12-26-16)18(24)21-15-3-6-23(7-4-15)19-20-10-14-11-25-8-5-17(14)22-19/h9-10,12,15H,2-8,11H2,1H3,(H,21,24). The molecule has 2 aliphatic rings. The second-order valence-corrected chi connectivity index (χ2v) is 7.83. The minimum absolute atomic E-state index is 0.0458. The number of hydrogen-bond acceptors (Lipinski definition) is 6. The van der Waals surface area contributed by atoms with Crippen LogP contribution in [0.4, 0.5) is 5.95 Å². The minimum Gasteiger partial charge on any atom is -0.376 e. The number of aromatic nitrogens is 2. The molecular formula is C19H24N4O2S. The molecule has 0 aromatic carbocycles. The van der Waals surface area contributed by atoms with Crippen molar-refractivity contribution in [2.45, 2.75) is 45.3 Å². The van der Waals surface area contributed by atoms with Crippen molar-refractivity contribution in [3.8, 4) is 0 Å². The number of anilines is 1. The number of nitrogens with one attached hydrogen (secondary N) is 1. The van der Waals surface area contributed by atoms with Crippen LogP contribution >= 0.6 is 11.3 Å². The van der Waals surface area contributed by atoms with Gasteiger partial charge in [-0.15, -0.1) is 11.3 Å². The van der Waals surface area contributed by atoms with Crippen LogP contribution in [0.1, 0.15) is 46.3 Å². The molecule has 7 heteroatoms. The van der Waals surface area contributed by atoms with Crippen molar-refractivity contribution < 1.29 is 9.53 Å². The highest BCUT2D eigenvalue weighted by Crippen LogP contribution is 2.21. The molecule has 6 nitrogen and oxygen atoms in total. The molecule has 1 fully saturated rings. The Morgan fingerprint density at radius 3 is 3.04 bits per heavy atom. The molecule has 0 spiro atoms. The first-order valence-electron chi connectivity index (χ1n) is 9.28. The maximum absolute atomic E-state index is 12.4. The number of carbonyl (C=O) groups is 1. The topological polar surface area (TPSA) is 67.4 Å². The number of carbonyl (C=O) groups excluding carboxylic acids is 1. The third-order valence-corrected chi connectivity index (χ3v) is 6.14. The van der Waals surface area contributed by atoms with E-state index in [0.717, 1.165) is 68.1 Å². The van der Waals surface area contributed by atoms with E-state index in [0.29, 0.717) is 6.61 Å². The molecule has 1 saturated heterocycles. The van der Waals surface area contributed by atoms with Gasteiger partial charge in [0.25, 0.3) is 5.91 Å². The Kier molecular flexibility index (Phi) is 5.17. The summed E-state index contributed by atoms with van der Waals surface area (Å²) in [6, 6.07) is 2.22. The predicted octanol–water partition coefficient (Wildman–Crippen LogP) is 2.57. The minimum atomic E-state index is 0.0458. The number of ether oxygens (including phenoxy) is 1. The summed E-state index contributed by atoms with van der Waals surface area (Å²) in [7, 11) is 0. The summed E-state index contributed by atoms with van der Waals surface area (Å²) in [6.07, 6.45) is 5.56. The summed E-state index contributed by atoms with van der Waals surface area (Å²) in [6.45, 7) is 5.19. The summed E-state index contributed by atoms with van der Waals surface area (Å²) in [5.74, 6) is 0.852. The summed E-state index contributed by atoms with van der Waals surface area (Å²) < 4.78 is 5.44. The number of nitrogens with zero attached hydrogens (tertiary/aromatic N) is 3. The fourth-order valence-electron chi connectivity index (χ4n) is 3.45. The molecule has 138 valence electrons. The summed E-state index contributed by atoms with van der Waals surface area (Å²) in [5.41, 5.74) is 3.00. The molecule has 2 aliphatic heterocycles. The van der Waals surface area contributed by atoms with Gasteiger partial charge in [-0.3, -0.25) is 4.79 Å². The Morgan fingerprint density at radius 1 is 1.42 bits per heavy atom. The highest BCUT2D eigenvalue weighted by atomic mass is 32.1. The molecule has 0 atom stereocenters. The van der Waals surface area contributed by atoms with E-state index in [1.807, 2.05) is 17.6 Å². The molecule has 0 aliphatic carbocycles. The van der Waals surface area contributed by atoms with Gasteiger partial charge in [0.2, 0.25) is 5.95 Å². The maximum atomic E-state index is 12.4. The third-order valence-electron chi connectivity index (χ3n) is 5.06. The van der Waals surface area contributed by atoms with Crippen molar-refractivity contribution in [3.63, 3.8) is 0 Å². The number of fused-ring (bicyclic) bond motifs is 1. The molecule has 2 aromatic rings. The van der Waals surface area contributed by atoms with Gasteiger partial charge in [-0.2, -0.15) is 0 Å². The van der Waals surface area contributed by atoms with Crippen LogP contribution in [-0.4, -0.2) is 41.6 Å². The van der Waals surface area contributed by atoms with Crippen LogP contribution in [0.5, 0.6) is 0 Å².